The second kappa shape index (κ2) is 12.2. The topological polar surface area (TPSA) is 118 Å². The van der Waals surface area contributed by atoms with Crippen molar-refractivity contribution in [1.82, 2.24) is 29.7 Å². The van der Waals surface area contributed by atoms with Gasteiger partial charge in [0.25, 0.3) is 11.5 Å². The van der Waals surface area contributed by atoms with Crippen molar-refractivity contribution in [2.45, 2.75) is 13.1 Å². The number of hydrogen-bond donors (Lipinski definition) is 2. The molecule has 0 aliphatic carbocycles. The van der Waals surface area contributed by atoms with Crippen LogP contribution >= 0.6 is 0 Å². The van der Waals surface area contributed by atoms with E-state index in [0.717, 1.165) is 34.3 Å². The zero-order valence-electron chi connectivity index (χ0n) is 22.2. The molecule has 0 bridgehead atoms. The molecule has 0 saturated heterocycles. The number of fused-ring (bicyclic) bond motifs is 1. The normalized spacial score (nSPS) is 11.4. The van der Waals surface area contributed by atoms with Gasteiger partial charge in [0.05, 0.1) is 30.9 Å². The minimum absolute atomic E-state index is 0.0174. The molecule has 0 saturated carbocycles. The van der Waals surface area contributed by atoms with Gasteiger partial charge in [0.1, 0.15) is 5.56 Å². The van der Waals surface area contributed by atoms with Gasteiger partial charge >= 0.3 is 0 Å². The number of aromatic nitrogens is 4. The minimum atomic E-state index is -0.483. The predicted molar refractivity (Wildman–Crippen MR) is 154 cm³/mol. The van der Waals surface area contributed by atoms with E-state index in [1.807, 2.05) is 56.6 Å². The fourth-order valence-electron chi connectivity index (χ4n) is 4.14. The van der Waals surface area contributed by atoms with Gasteiger partial charge in [-0.1, -0.05) is 30.4 Å². The molecule has 0 fully saturated rings. The Bertz CT molecular complexity index is 1690. The van der Waals surface area contributed by atoms with Gasteiger partial charge < -0.3 is 20.0 Å². The number of furan rings is 1. The van der Waals surface area contributed by atoms with Crippen LogP contribution in [0.1, 0.15) is 27.0 Å². The highest BCUT2D eigenvalue weighted by Crippen LogP contribution is 2.19. The van der Waals surface area contributed by atoms with Gasteiger partial charge in [-0.05, 0) is 55.6 Å². The molecule has 202 valence electrons. The van der Waals surface area contributed by atoms with E-state index >= 15 is 0 Å². The van der Waals surface area contributed by atoms with Crippen LogP contribution in [0.2, 0.25) is 0 Å². The van der Waals surface area contributed by atoms with E-state index in [4.69, 9.17) is 4.42 Å². The molecule has 10 heteroatoms. The van der Waals surface area contributed by atoms with E-state index in [0.29, 0.717) is 5.95 Å². The van der Waals surface area contributed by atoms with E-state index in [2.05, 4.69) is 42.6 Å². The fraction of sp³-hybridized carbons (Fsp3) is 0.167. The molecule has 2 aromatic carbocycles. The number of nitrogens with zero attached hydrogens (tertiary/aromatic N) is 5. The summed E-state index contributed by atoms with van der Waals surface area (Å²) in [6, 6.07) is 15.8. The molecule has 0 aliphatic heterocycles. The van der Waals surface area contributed by atoms with Crippen molar-refractivity contribution in [3.05, 3.63) is 118 Å². The Morgan fingerprint density at radius 2 is 1.93 bits per heavy atom. The third kappa shape index (κ3) is 6.66. The first-order valence-electron chi connectivity index (χ1n) is 12.7. The molecule has 2 N–H and O–H groups in total. The Labute approximate surface area is 231 Å². The van der Waals surface area contributed by atoms with Crippen LogP contribution in [0.4, 0.5) is 11.6 Å². The molecule has 1 amide bonds. The molecular weight excluding hydrogens is 506 g/mol. The van der Waals surface area contributed by atoms with Crippen molar-refractivity contribution in [2.75, 3.05) is 26.0 Å². The van der Waals surface area contributed by atoms with Crippen LogP contribution in [-0.2, 0) is 13.1 Å². The zero-order valence-corrected chi connectivity index (χ0v) is 22.2. The number of rotatable bonds is 10. The van der Waals surface area contributed by atoms with Crippen molar-refractivity contribution in [1.29, 1.82) is 0 Å². The summed E-state index contributed by atoms with van der Waals surface area (Å²) in [5, 5.41) is 6.89. The van der Waals surface area contributed by atoms with Crippen molar-refractivity contribution >= 4 is 34.5 Å². The number of carbonyl (C=O) groups excluding carboxylic acids is 1. The summed E-state index contributed by atoms with van der Waals surface area (Å²) < 4.78 is 6.41. The second-order valence-corrected chi connectivity index (χ2v) is 9.56. The summed E-state index contributed by atoms with van der Waals surface area (Å²) in [7, 11) is 4.09. The van der Waals surface area contributed by atoms with Gasteiger partial charge in [-0.25, -0.2) is 15.0 Å². The molecule has 3 heterocycles. The molecule has 0 radical (unpaired) electrons. The predicted octanol–water partition coefficient (Wildman–Crippen LogP) is 4.08. The van der Waals surface area contributed by atoms with Crippen LogP contribution in [0.15, 0.2) is 95.1 Å². The number of nitrogens with one attached hydrogen (secondary N) is 2. The van der Waals surface area contributed by atoms with Gasteiger partial charge in [-0.2, -0.15) is 0 Å². The van der Waals surface area contributed by atoms with Crippen molar-refractivity contribution in [3.63, 3.8) is 0 Å². The first-order valence-corrected chi connectivity index (χ1v) is 12.7. The number of benzene rings is 2. The molecule has 5 rings (SSSR count). The van der Waals surface area contributed by atoms with E-state index in [9.17, 15) is 9.59 Å². The number of hydrogen-bond acceptors (Lipinski definition) is 8. The van der Waals surface area contributed by atoms with Crippen LogP contribution < -0.4 is 16.2 Å². The second-order valence-electron chi connectivity index (χ2n) is 9.56. The summed E-state index contributed by atoms with van der Waals surface area (Å²) in [5.41, 5.74) is 4.28. The molecule has 0 aliphatic rings. The first-order chi connectivity index (χ1) is 19.4. The van der Waals surface area contributed by atoms with Gasteiger partial charge in [-0.3, -0.25) is 14.2 Å². The van der Waals surface area contributed by atoms with Crippen LogP contribution in [0.25, 0.3) is 17.0 Å². The summed E-state index contributed by atoms with van der Waals surface area (Å²) in [5.74, 6) is 0.0427. The summed E-state index contributed by atoms with van der Waals surface area (Å²) >= 11 is 0. The molecule has 5 aromatic rings. The maximum atomic E-state index is 12.7. The average molecular weight is 536 g/mol. The van der Waals surface area contributed by atoms with Crippen LogP contribution in [0, 0.1) is 0 Å². The number of carbonyl (C=O) groups is 1. The SMILES string of the molecule is CN(C)Cc1ccc(Nc2ncc3cc(/C=C/CNC(=O)c4cncn(Cc5ccoc5)c4=O)ccc3n2)cc1. The van der Waals surface area contributed by atoms with Crippen molar-refractivity contribution in [3.8, 4) is 0 Å². The highest BCUT2D eigenvalue weighted by atomic mass is 16.3. The molecule has 0 atom stereocenters. The molecule has 0 unspecified atom stereocenters. The maximum Gasteiger partial charge on any atom is 0.266 e. The van der Waals surface area contributed by atoms with E-state index in [-0.39, 0.29) is 18.7 Å². The summed E-state index contributed by atoms with van der Waals surface area (Å²) in [6.45, 7) is 1.41. The van der Waals surface area contributed by atoms with Gasteiger partial charge in [0, 0.05) is 42.1 Å². The zero-order chi connectivity index (χ0) is 27.9. The molecule has 0 spiro atoms. The lowest BCUT2D eigenvalue weighted by Gasteiger charge is -2.11. The Morgan fingerprint density at radius 3 is 2.70 bits per heavy atom. The lowest BCUT2D eigenvalue weighted by atomic mass is 10.1. The molecule has 3 aromatic heterocycles. The maximum absolute atomic E-state index is 12.7. The highest BCUT2D eigenvalue weighted by Gasteiger charge is 2.12. The molecule has 40 heavy (non-hydrogen) atoms. The Balaban J connectivity index is 1.18. The Kier molecular flexibility index (Phi) is 8.07. The van der Waals surface area contributed by atoms with Crippen LogP contribution in [0.3, 0.4) is 0 Å². The number of anilines is 2. The van der Waals surface area contributed by atoms with E-state index in [1.165, 1.54) is 28.9 Å². The monoisotopic (exact) mass is 535 g/mol. The van der Waals surface area contributed by atoms with Gasteiger partial charge in [-0.15, -0.1) is 0 Å². The highest BCUT2D eigenvalue weighted by molar-refractivity contribution is 5.93. The minimum Gasteiger partial charge on any atom is -0.472 e. The summed E-state index contributed by atoms with van der Waals surface area (Å²) in [6.07, 6.45) is 11.2. The van der Waals surface area contributed by atoms with Gasteiger partial charge in [0.2, 0.25) is 5.95 Å². The number of amides is 1. The Morgan fingerprint density at radius 1 is 1.07 bits per heavy atom. The smallest absolute Gasteiger partial charge is 0.266 e. The largest absolute Gasteiger partial charge is 0.472 e. The van der Waals surface area contributed by atoms with E-state index in [1.54, 1.807) is 18.5 Å². The third-order valence-electron chi connectivity index (χ3n) is 6.08. The van der Waals surface area contributed by atoms with E-state index < -0.39 is 11.5 Å². The standard InChI is InChI=1S/C30H29N7O3/c1-36(2)17-22-5-8-25(9-6-22)34-30-33-15-24-14-21(7-10-27(24)35-30)4-3-12-32-28(38)26-16-31-20-37(29(26)39)18-23-11-13-40-19-23/h3-11,13-16,19-20H,12,17-18H2,1-2H3,(H,32,38)(H,33,34,35)/b4-3+. The van der Waals surface area contributed by atoms with Crippen LogP contribution in [-0.4, -0.2) is 51.0 Å². The lowest BCUT2D eigenvalue weighted by molar-refractivity contribution is 0.0955. The third-order valence-corrected chi connectivity index (χ3v) is 6.08. The lowest BCUT2D eigenvalue weighted by Crippen LogP contribution is -2.33. The van der Waals surface area contributed by atoms with Gasteiger partial charge in [0.15, 0.2) is 0 Å². The fourth-order valence-corrected chi connectivity index (χ4v) is 4.14. The average Bonchev–Trinajstić information content (AvgIpc) is 3.46. The first kappa shape index (κ1) is 26.5. The van der Waals surface area contributed by atoms with Crippen molar-refractivity contribution < 1.29 is 9.21 Å². The quantitative estimate of drug-likeness (QED) is 0.275. The molecular formula is C30H29N7O3. The Hall–Kier alpha value is -5.09. The van der Waals surface area contributed by atoms with Crippen molar-refractivity contribution in [2.24, 2.45) is 0 Å². The molecule has 10 nitrogen and oxygen atoms in total. The summed E-state index contributed by atoms with van der Waals surface area (Å²) in [4.78, 5) is 40.5. The van der Waals surface area contributed by atoms with Crippen LogP contribution in [0.5, 0.6) is 0 Å².